The normalized spacial score (nSPS) is 19.1. The number of carbonyl (C=O) groups excluding carboxylic acids is 1. The minimum absolute atomic E-state index is 0.0323. The van der Waals surface area contributed by atoms with Gasteiger partial charge in [0.1, 0.15) is 0 Å². The number of anilines is 1. The minimum atomic E-state index is -0.111. The van der Waals surface area contributed by atoms with Crippen molar-refractivity contribution in [1.29, 1.82) is 0 Å². The molecule has 1 saturated heterocycles. The molecule has 98 valence electrons. The lowest BCUT2D eigenvalue weighted by Crippen LogP contribution is -2.40. The van der Waals surface area contributed by atoms with Gasteiger partial charge in [-0.1, -0.05) is 12.1 Å². The maximum atomic E-state index is 12.2. The average Bonchev–Trinajstić information content (AvgIpc) is 2.83. The van der Waals surface area contributed by atoms with Crippen molar-refractivity contribution in [2.75, 3.05) is 18.5 Å². The van der Waals surface area contributed by atoms with Gasteiger partial charge < -0.3 is 15.3 Å². The Bertz CT molecular complexity index is 445. The topological polar surface area (TPSA) is 52.6 Å². The number of nitrogens with zero attached hydrogens (tertiary/aromatic N) is 1. The van der Waals surface area contributed by atoms with Gasteiger partial charge in [0.05, 0.1) is 12.6 Å². The number of nitrogens with one attached hydrogen (secondary N) is 1. The summed E-state index contributed by atoms with van der Waals surface area (Å²) in [6.45, 7) is 4.79. The lowest BCUT2D eigenvalue weighted by molar-refractivity contribution is 0.166. The maximum Gasteiger partial charge on any atom is 0.322 e. The summed E-state index contributed by atoms with van der Waals surface area (Å²) in [5.74, 6) is 0. The lowest BCUT2D eigenvalue weighted by Gasteiger charge is -2.24. The van der Waals surface area contributed by atoms with Gasteiger partial charge in [0.15, 0.2) is 0 Å². The molecule has 1 aliphatic heterocycles. The predicted octanol–water partition coefficient (Wildman–Crippen LogP) is 2.29. The largest absolute Gasteiger partial charge is 0.394 e. The fourth-order valence-electron chi connectivity index (χ4n) is 2.37. The van der Waals surface area contributed by atoms with E-state index in [4.69, 9.17) is 0 Å². The van der Waals surface area contributed by atoms with E-state index in [0.717, 1.165) is 36.2 Å². The zero-order valence-electron chi connectivity index (χ0n) is 10.9. The molecule has 2 amide bonds. The van der Waals surface area contributed by atoms with E-state index in [2.05, 4.69) is 5.32 Å². The summed E-state index contributed by atoms with van der Waals surface area (Å²) in [5, 5.41) is 12.2. The zero-order valence-corrected chi connectivity index (χ0v) is 10.9. The molecule has 4 heteroatoms. The van der Waals surface area contributed by atoms with Crippen molar-refractivity contribution >= 4 is 11.7 Å². The highest BCUT2D eigenvalue weighted by Crippen LogP contribution is 2.21. The molecule has 1 fully saturated rings. The van der Waals surface area contributed by atoms with Crippen LogP contribution in [-0.4, -0.2) is 35.2 Å². The monoisotopic (exact) mass is 248 g/mol. The number of likely N-dealkylation sites (tertiary alicyclic amines) is 1. The molecular weight excluding hydrogens is 228 g/mol. The SMILES string of the molecule is Cc1cccc(NC(=O)N2CCCC2CO)c1C. The molecule has 4 nitrogen and oxygen atoms in total. The molecule has 1 aromatic rings. The van der Waals surface area contributed by atoms with Crippen molar-refractivity contribution in [3.63, 3.8) is 0 Å². The van der Waals surface area contributed by atoms with E-state index < -0.39 is 0 Å². The third kappa shape index (κ3) is 2.48. The molecule has 1 aromatic carbocycles. The molecule has 1 atom stereocenters. The van der Waals surface area contributed by atoms with Crippen molar-refractivity contribution < 1.29 is 9.90 Å². The first-order chi connectivity index (χ1) is 8.63. The van der Waals surface area contributed by atoms with Crippen molar-refractivity contribution in [3.05, 3.63) is 29.3 Å². The number of aliphatic hydroxyl groups excluding tert-OH is 1. The van der Waals surface area contributed by atoms with Crippen LogP contribution < -0.4 is 5.32 Å². The molecule has 0 radical (unpaired) electrons. The van der Waals surface area contributed by atoms with Crippen molar-refractivity contribution in [2.24, 2.45) is 0 Å². The molecule has 0 aliphatic carbocycles. The average molecular weight is 248 g/mol. The fraction of sp³-hybridized carbons (Fsp3) is 0.500. The number of benzene rings is 1. The third-order valence-electron chi connectivity index (χ3n) is 3.69. The molecule has 0 bridgehead atoms. The predicted molar refractivity (Wildman–Crippen MR) is 71.7 cm³/mol. The van der Waals surface area contributed by atoms with Gasteiger partial charge in [-0.05, 0) is 43.9 Å². The molecule has 0 spiro atoms. The number of rotatable bonds is 2. The number of amides is 2. The standard InChI is InChI=1S/C14H20N2O2/c1-10-5-3-7-13(11(10)2)15-14(18)16-8-4-6-12(16)9-17/h3,5,7,12,17H,4,6,8-9H2,1-2H3,(H,15,18). The fourth-order valence-corrected chi connectivity index (χ4v) is 2.37. The lowest BCUT2D eigenvalue weighted by atomic mass is 10.1. The van der Waals surface area contributed by atoms with E-state index in [9.17, 15) is 9.90 Å². The van der Waals surface area contributed by atoms with Crippen molar-refractivity contribution in [3.8, 4) is 0 Å². The smallest absolute Gasteiger partial charge is 0.322 e. The third-order valence-corrected chi connectivity index (χ3v) is 3.69. The van der Waals surface area contributed by atoms with Gasteiger partial charge in [0.2, 0.25) is 0 Å². The van der Waals surface area contributed by atoms with Gasteiger partial charge in [-0.15, -0.1) is 0 Å². The second kappa shape index (κ2) is 5.40. The number of aliphatic hydroxyl groups is 1. The number of urea groups is 1. The Hall–Kier alpha value is -1.55. The highest BCUT2D eigenvalue weighted by Gasteiger charge is 2.28. The molecule has 2 rings (SSSR count). The van der Waals surface area contributed by atoms with Crippen LogP contribution >= 0.6 is 0 Å². The van der Waals surface area contributed by atoms with Gasteiger partial charge in [-0.2, -0.15) is 0 Å². The van der Waals surface area contributed by atoms with Crippen molar-refractivity contribution in [2.45, 2.75) is 32.7 Å². The van der Waals surface area contributed by atoms with Crippen LogP contribution in [0.5, 0.6) is 0 Å². The Balaban J connectivity index is 2.09. The minimum Gasteiger partial charge on any atom is -0.394 e. The Morgan fingerprint density at radius 3 is 3.00 bits per heavy atom. The van der Waals surface area contributed by atoms with Gasteiger partial charge >= 0.3 is 6.03 Å². The van der Waals surface area contributed by atoms with Gasteiger partial charge in [0.25, 0.3) is 0 Å². The van der Waals surface area contributed by atoms with Crippen LogP contribution in [0.4, 0.5) is 10.5 Å². The van der Waals surface area contributed by atoms with Gasteiger partial charge in [0, 0.05) is 12.2 Å². The second-order valence-corrected chi connectivity index (χ2v) is 4.85. The molecule has 2 N–H and O–H groups in total. The Morgan fingerprint density at radius 1 is 1.50 bits per heavy atom. The first kappa shape index (κ1) is 12.9. The highest BCUT2D eigenvalue weighted by atomic mass is 16.3. The molecule has 1 unspecified atom stereocenters. The second-order valence-electron chi connectivity index (χ2n) is 4.85. The van der Waals surface area contributed by atoms with Gasteiger partial charge in [-0.25, -0.2) is 4.79 Å². The summed E-state index contributed by atoms with van der Waals surface area (Å²) in [5.41, 5.74) is 3.10. The van der Waals surface area contributed by atoms with Crippen LogP contribution in [0.2, 0.25) is 0 Å². The van der Waals surface area contributed by atoms with E-state index in [0.29, 0.717) is 0 Å². The molecule has 1 aliphatic rings. The van der Waals surface area contributed by atoms with E-state index >= 15 is 0 Å². The van der Waals surface area contributed by atoms with Crippen LogP contribution in [0.3, 0.4) is 0 Å². The Morgan fingerprint density at radius 2 is 2.28 bits per heavy atom. The number of hydrogen-bond acceptors (Lipinski definition) is 2. The van der Waals surface area contributed by atoms with Crippen molar-refractivity contribution in [1.82, 2.24) is 4.90 Å². The summed E-state index contributed by atoms with van der Waals surface area (Å²) < 4.78 is 0. The number of carbonyl (C=O) groups is 1. The van der Waals surface area contributed by atoms with E-state index in [1.54, 1.807) is 4.90 Å². The van der Waals surface area contributed by atoms with Crippen LogP contribution in [0, 0.1) is 13.8 Å². The van der Waals surface area contributed by atoms with E-state index in [1.807, 2.05) is 32.0 Å². The summed E-state index contributed by atoms with van der Waals surface area (Å²) >= 11 is 0. The zero-order chi connectivity index (χ0) is 13.1. The Kier molecular flexibility index (Phi) is 3.87. The quantitative estimate of drug-likeness (QED) is 0.843. The first-order valence-corrected chi connectivity index (χ1v) is 6.38. The summed E-state index contributed by atoms with van der Waals surface area (Å²) in [4.78, 5) is 13.9. The Labute approximate surface area is 108 Å². The maximum absolute atomic E-state index is 12.2. The summed E-state index contributed by atoms with van der Waals surface area (Å²) in [7, 11) is 0. The van der Waals surface area contributed by atoms with E-state index in [1.165, 1.54) is 0 Å². The number of aryl methyl sites for hydroxylation is 1. The molecule has 1 heterocycles. The molecule has 0 saturated carbocycles. The number of hydrogen-bond donors (Lipinski definition) is 2. The van der Waals surface area contributed by atoms with Crippen LogP contribution in [0.15, 0.2) is 18.2 Å². The molecule has 18 heavy (non-hydrogen) atoms. The summed E-state index contributed by atoms with van der Waals surface area (Å²) in [6.07, 6.45) is 1.85. The molecular formula is C14H20N2O2. The summed E-state index contributed by atoms with van der Waals surface area (Å²) in [6, 6.07) is 5.72. The van der Waals surface area contributed by atoms with Crippen LogP contribution in [0.1, 0.15) is 24.0 Å². The van der Waals surface area contributed by atoms with Crippen LogP contribution in [0.25, 0.3) is 0 Å². The van der Waals surface area contributed by atoms with Gasteiger partial charge in [-0.3, -0.25) is 0 Å². The highest BCUT2D eigenvalue weighted by molar-refractivity contribution is 5.90. The first-order valence-electron chi connectivity index (χ1n) is 6.38. The molecule has 0 aromatic heterocycles. The van der Waals surface area contributed by atoms with Crippen LogP contribution in [-0.2, 0) is 0 Å². The van der Waals surface area contributed by atoms with E-state index in [-0.39, 0.29) is 18.7 Å².